The average Bonchev–Trinajstić information content (AvgIpc) is 2.76. The van der Waals surface area contributed by atoms with Gasteiger partial charge in [-0.1, -0.05) is 0 Å². The Kier molecular flexibility index (Phi) is 2.69. The molecule has 0 saturated heterocycles. The molecule has 14 heavy (non-hydrogen) atoms. The highest BCUT2D eigenvalue weighted by molar-refractivity contribution is 9.10. The van der Waals surface area contributed by atoms with Gasteiger partial charge in [-0.15, -0.1) is 0 Å². The van der Waals surface area contributed by atoms with Crippen molar-refractivity contribution in [3.05, 3.63) is 28.7 Å². The van der Waals surface area contributed by atoms with Gasteiger partial charge in [0.2, 0.25) is 0 Å². The van der Waals surface area contributed by atoms with E-state index in [1.54, 1.807) is 12.3 Å². The lowest BCUT2D eigenvalue weighted by atomic mass is 10.3. The van der Waals surface area contributed by atoms with Crippen molar-refractivity contribution < 1.29 is 9.52 Å². The lowest BCUT2D eigenvalue weighted by Crippen LogP contribution is -1.91. The summed E-state index contributed by atoms with van der Waals surface area (Å²) in [6.07, 6.45) is 2.14. The number of rotatable bonds is 3. The van der Waals surface area contributed by atoms with Crippen LogP contribution in [0.5, 0.6) is 0 Å². The van der Waals surface area contributed by atoms with Crippen molar-refractivity contribution in [1.82, 2.24) is 9.97 Å². The topological polar surface area (TPSA) is 62.0 Å². The van der Waals surface area contributed by atoms with Gasteiger partial charge in [-0.05, 0) is 28.1 Å². The number of imidazole rings is 1. The Morgan fingerprint density at radius 3 is 3.07 bits per heavy atom. The second-order valence-electron chi connectivity index (χ2n) is 2.81. The van der Waals surface area contributed by atoms with Gasteiger partial charge < -0.3 is 14.5 Å². The Labute approximate surface area is 89.1 Å². The summed E-state index contributed by atoms with van der Waals surface area (Å²) >= 11 is 3.31. The quantitative estimate of drug-likeness (QED) is 0.883. The van der Waals surface area contributed by atoms with Gasteiger partial charge in [0.25, 0.3) is 0 Å². The van der Waals surface area contributed by atoms with E-state index in [4.69, 9.17) is 9.52 Å². The summed E-state index contributed by atoms with van der Waals surface area (Å²) in [5.74, 6) is 1.36. The zero-order chi connectivity index (χ0) is 9.97. The van der Waals surface area contributed by atoms with Crippen molar-refractivity contribution in [3.8, 4) is 11.6 Å². The first-order valence-electron chi connectivity index (χ1n) is 4.20. The van der Waals surface area contributed by atoms with E-state index in [0.29, 0.717) is 18.0 Å². The number of aromatic nitrogens is 2. The van der Waals surface area contributed by atoms with Crippen LogP contribution < -0.4 is 0 Å². The molecule has 2 N–H and O–H groups in total. The molecule has 0 radical (unpaired) electrons. The Balaban J connectivity index is 2.33. The summed E-state index contributed by atoms with van der Waals surface area (Å²) in [5, 5.41) is 8.79. The van der Waals surface area contributed by atoms with E-state index in [1.807, 2.05) is 6.07 Å². The molecule has 0 amide bonds. The molecule has 2 aromatic heterocycles. The highest BCUT2D eigenvalue weighted by atomic mass is 79.9. The van der Waals surface area contributed by atoms with E-state index in [2.05, 4.69) is 25.9 Å². The largest absolute Gasteiger partial charge is 0.461 e. The Hall–Kier alpha value is -1.07. The van der Waals surface area contributed by atoms with Crippen LogP contribution in [0, 0.1) is 0 Å². The molecule has 2 rings (SSSR count). The summed E-state index contributed by atoms with van der Waals surface area (Å²) in [6, 6.07) is 3.63. The molecule has 2 aromatic rings. The fourth-order valence-corrected chi connectivity index (χ4v) is 1.67. The molecule has 0 aliphatic carbocycles. The number of halogens is 1. The lowest BCUT2D eigenvalue weighted by Gasteiger charge is -1.91. The SMILES string of the molecule is OCCc1[nH]c(-c2ccco2)nc1Br. The molecule has 0 aromatic carbocycles. The molecular weight excluding hydrogens is 248 g/mol. The molecule has 0 atom stereocenters. The van der Waals surface area contributed by atoms with Crippen LogP contribution in [-0.2, 0) is 6.42 Å². The van der Waals surface area contributed by atoms with Crippen molar-refractivity contribution in [2.75, 3.05) is 6.61 Å². The fourth-order valence-electron chi connectivity index (χ4n) is 1.20. The summed E-state index contributed by atoms with van der Waals surface area (Å²) in [7, 11) is 0. The van der Waals surface area contributed by atoms with Crippen LogP contribution in [0.15, 0.2) is 27.4 Å². The maximum atomic E-state index is 8.79. The number of nitrogens with one attached hydrogen (secondary N) is 1. The highest BCUT2D eigenvalue weighted by Gasteiger charge is 2.10. The van der Waals surface area contributed by atoms with Crippen molar-refractivity contribution in [1.29, 1.82) is 0 Å². The van der Waals surface area contributed by atoms with E-state index in [0.717, 1.165) is 10.3 Å². The minimum Gasteiger partial charge on any atom is -0.461 e. The molecule has 2 heterocycles. The van der Waals surface area contributed by atoms with Crippen LogP contribution >= 0.6 is 15.9 Å². The van der Waals surface area contributed by atoms with Gasteiger partial charge in [-0.3, -0.25) is 0 Å². The number of nitrogens with zero attached hydrogens (tertiary/aromatic N) is 1. The van der Waals surface area contributed by atoms with E-state index >= 15 is 0 Å². The third kappa shape index (κ3) is 1.73. The molecule has 0 aliphatic heterocycles. The Morgan fingerprint density at radius 1 is 1.57 bits per heavy atom. The van der Waals surface area contributed by atoms with Gasteiger partial charge in [-0.25, -0.2) is 4.98 Å². The molecule has 0 spiro atoms. The van der Waals surface area contributed by atoms with Crippen molar-refractivity contribution in [3.63, 3.8) is 0 Å². The van der Waals surface area contributed by atoms with E-state index in [-0.39, 0.29) is 6.61 Å². The Morgan fingerprint density at radius 2 is 2.43 bits per heavy atom. The number of aliphatic hydroxyl groups is 1. The van der Waals surface area contributed by atoms with Crippen LogP contribution in [0.2, 0.25) is 0 Å². The maximum absolute atomic E-state index is 8.79. The molecule has 74 valence electrons. The molecule has 0 bridgehead atoms. The van der Waals surface area contributed by atoms with Gasteiger partial charge in [0.1, 0.15) is 4.60 Å². The summed E-state index contributed by atoms with van der Waals surface area (Å²) in [6.45, 7) is 0.0956. The maximum Gasteiger partial charge on any atom is 0.174 e. The minimum absolute atomic E-state index is 0.0956. The molecular formula is C9H9BrN2O2. The van der Waals surface area contributed by atoms with E-state index in [1.165, 1.54) is 0 Å². The van der Waals surface area contributed by atoms with Crippen molar-refractivity contribution in [2.45, 2.75) is 6.42 Å². The second kappa shape index (κ2) is 3.98. The second-order valence-corrected chi connectivity index (χ2v) is 3.56. The molecule has 0 unspecified atom stereocenters. The zero-order valence-corrected chi connectivity index (χ0v) is 8.91. The molecule has 0 fully saturated rings. The number of H-pyrrole nitrogens is 1. The highest BCUT2D eigenvalue weighted by Crippen LogP contribution is 2.22. The summed E-state index contributed by atoms with van der Waals surface area (Å²) in [5.41, 5.74) is 0.874. The van der Waals surface area contributed by atoms with Crippen LogP contribution in [-0.4, -0.2) is 21.7 Å². The van der Waals surface area contributed by atoms with Crippen molar-refractivity contribution in [2.24, 2.45) is 0 Å². The zero-order valence-electron chi connectivity index (χ0n) is 7.33. The van der Waals surface area contributed by atoms with Crippen LogP contribution in [0.25, 0.3) is 11.6 Å². The summed E-state index contributed by atoms with van der Waals surface area (Å²) < 4.78 is 5.91. The molecule has 0 aliphatic rings. The predicted molar refractivity (Wildman–Crippen MR) is 54.8 cm³/mol. The monoisotopic (exact) mass is 256 g/mol. The first kappa shape index (κ1) is 9.48. The third-order valence-corrected chi connectivity index (χ3v) is 2.50. The van der Waals surface area contributed by atoms with Crippen LogP contribution in [0.3, 0.4) is 0 Å². The molecule has 5 heteroatoms. The van der Waals surface area contributed by atoms with Crippen molar-refractivity contribution >= 4 is 15.9 Å². The predicted octanol–water partition coefficient (Wildman–Crippen LogP) is 1.97. The number of furan rings is 1. The first-order chi connectivity index (χ1) is 6.81. The standard InChI is InChI=1S/C9H9BrN2O2/c10-8-6(3-4-13)11-9(12-8)7-2-1-5-14-7/h1-2,5,13H,3-4H2,(H,11,12). The smallest absolute Gasteiger partial charge is 0.174 e. The molecule has 0 saturated carbocycles. The van der Waals surface area contributed by atoms with Gasteiger partial charge in [0.05, 0.1) is 12.0 Å². The van der Waals surface area contributed by atoms with Gasteiger partial charge in [-0.2, -0.15) is 0 Å². The van der Waals surface area contributed by atoms with Gasteiger partial charge >= 0.3 is 0 Å². The van der Waals surface area contributed by atoms with Gasteiger partial charge in [0.15, 0.2) is 11.6 Å². The normalized spacial score (nSPS) is 10.7. The van der Waals surface area contributed by atoms with E-state index < -0.39 is 0 Å². The number of aliphatic hydroxyl groups excluding tert-OH is 1. The average molecular weight is 257 g/mol. The van der Waals surface area contributed by atoms with E-state index in [9.17, 15) is 0 Å². The number of aromatic amines is 1. The molecule has 4 nitrogen and oxygen atoms in total. The first-order valence-corrected chi connectivity index (χ1v) is 4.99. The fraction of sp³-hybridized carbons (Fsp3) is 0.222. The summed E-state index contributed by atoms with van der Waals surface area (Å²) in [4.78, 5) is 7.30. The van der Waals surface area contributed by atoms with Crippen LogP contribution in [0.4, 0.5) is 0 Å². The number of hydrogen-bond acceptors (Lipinski definition) is 3. The van der Waals surface area contributed by atoms with Crippen LogP contribution in [0.1, 0.15) is 5.69 Å². The minimum atomic E-state index is 0.0956. The third-order valence-electron chi connectivity index (χ3n) is 1.84. The lowest BCUT2D eigenvalue weighted by molar-refractivity contribution is 0.298. The Bertz CT molecular complexity index is 408. The van der Waals surface area contributed by atoms with Gasteiger partial charge in [0, 0.05) is 13.0 Å². The number of hydrogen-bond donors (Lipinski definition) is 2.